The van der Waals surface area contributed by atoms with Crippen molar-refractivity contribution in [3.8, 4) is 11.5 Å². The molecule has 4 heteroatoms. The molecule has 0 N–H and O–H groups in total. The van der Waals surface area contributed by atoms with Crippen molar-refractivity contribution >= 4 is 106 Å². The Kier molecular flexibility index (Phi) is 22.2. The molecule has 0 saturated carbocycles. The summed E-state index contributed by atoms with van der Waals surface area (Å²) in [4.78, 5) is 4.62. The van der Waals surface area contributed by atoms with E-state index < -0.39 is 0 Å². The second-order valence-electron chi connectivity index (χ2n) is 25.0. The molecular formula is C98H80N2O2. The first kappa shape index (κ1) is 67.5. The zero-order valence-corrected chi connectivity index (χ0v) is 58.0. The lowest BCUT2D eigenvalue weighted by molar-refractivity contribution is 0.414. The average Bonchev–Trinajstić information content (AvgIpc) is 0.798. The highest BCUT2D eigenvalue weighted by Crippen LogP contribution is 2.41. The van der Waals surface area contributed by atoms with Crippen LogP contribution in [0.1, 0.15) is 89.0 Å². The van der Waals surface area contributed by atoms with Crippen LogP contribution >= 0.6 is 0 Å². The van der Waals surface area contributed by atoms with Gasteiger partial charge >= 0.3 is 0 Å². The van der Waals surface area contributed by atoms with E-state index in [0.29, 0.717) is 0 Å². The maximum Gasteiger partial charge on any atom is 0.119 e. The maximum atomic E-state index is 5.62. The number of rotatable bonds is 24. The Hall–Kier alpha value is -13.0. The van der Waals surface area contributed by atoms with Crippen LogP contribution in [0.3, 0.4) is 0 Å². The molecule has 13 aromatic rings. The van der Waals surface area contributed by atoms with Gasteiger partial charge < -0.3 is 19.3 Å². The number of methoxy groups -OCH3 is 2. The topological polar surface area (TPSA) is 24.9 Å². The molecule has 0 spiro atoms. The average molecular weight is 1320 g/mol. The van der Waals surface area contributed by atoms with Crippen LogP contribution in [0.15, 0.2) is 352 Å². The molecule has 0 aliphatic rings. The molecule has 0 atom stereocenters. The molecule has 0 bridgehead atoms. The van der Waals surface area contributed by atoms with Crippen molar-refractivity contribution < 1.29 is 9.47 Å². The summed E-state index contributed by atoms with van der Waals surface area (Å²) in [5, 5.41) is 0. The van der Waals surface area contributed by atoms with Crippen LogP contribution in [0.4, 0.5) is 34.1 Å². The largest absolute Gasteiger partial charge is 0.497 e. The van der Waals surface area contributed by atoms with E-state index >= 15 is 0 Å². The second-order valence-corrected chi connectivity index (χ2v) is 25.0. The molecule has 0 aliphatic carbocycles. The van der Waals surface area contributed by atoms with Gasteiger partial charge in [-0.1, -0.05) is 328 Å². The van der Waals surface area contributed by atoms with Crippen LogP contribution in [-0.2, 0) is 0 Å². The van der Waals surface area contributed by atoms with E-state index in [2.05, 4.69) is 424 Å². The van der Waals surface area contributed by atoms with Gasteiger partial charge in [0.25, 0.3) is 0 Å². The number of hydrogen-bond acceptors (Lipinski definition) is 4. The minimum absolute atomic E-state index is 0.829. The lowest BCUT2D eigenvalue weighted by Crippen LogP contribution is -2.11. The zero-order valence-electron chi connectivity index (χ0n) is 58.0. The molecule has 13 rings (SSSR count). The van der Waals surface area contributed by atoms with Gasteiger partial charge in [0.1, 0.15) is 11.5 Å². The predicted molar refractivity (Wildman–Crippen MR) is 438 cm³/mol. The molecule has 4 nitrogen and oxygen atoms in total. The number of allylic oxidation sites excluding steroid dienone is 4. The number of anilines is 6. The lowest BCUT2D eigenvalue weighted by atomic mass is 9.97. The van der Waals surface area contributed by atoms with E-state index in [1.165, 1.54) is 33.4 Å². The molecular weight excluding hydrogens is 1240 g/mol. The molecule has 494 valence electrons. The summed E-state index contributed by atoms with van der Waals surface area (Å²) in [5.74, 6) is 1.66. The third-order valence-electron chi connectivity index (χ3n) is 18.0. The van der Waals surface area contributed by atoms with Crippen LogP contribution in [0.25, 0.3) is 71.9 Å². The van der Waals surface area contributed by atoms with Crippen LogP contribution in [0, 0.1) is 13.8 Å². The SMILES string of the molecule is COc1ccc(N(c2ccc(/C=C/c3ccc(/C=C/C=C(c4ccccc4)c4ccccc4)cc3)cc2)c2ccc(/C=C/c3ccc(/C=C/c4ccc(N(c5ccc(/C=C/c6ccc(/C=C/C=C(c7ccccc7)c7ccccc7)cc6)cc5)c5ccc(OC)cc5C)cc4)cc3)cc2)c(C)c1. The lowest BCUT2D eigenvalue weighted by Gasteiger charge is -2.27. The van der Waals surface area contributed by atoms with Crippen LogP contribution in [0.2, 0.25) is 0 Å². The molecule has 0 saturated heterocycles. The maximum absolute atomic E-state index is 5.62. The standard InChI is InChI=1S/C98H80N2O2/c1-73-71-93(101-3)67-69-97(73)99(89-59-51-81(52-60-89)47-43-77-35-31-75(32-36-77)19-17-29-95(85-21-9-5-10-22-85)86-23-11-6-12-24-86)91-63-55-83(56-64-91)49-45-79-39-41-80(42-40-79)46-50-84-57-65-92(66-58-84)100(98-70-68-94(102-4)72-74(98)2)90-61-53-82(54-62-90)48-44-78-37-33-76(34-38-78)20-18-30-96(87-25-13-7-14-26-87)88-27-15-8-16-28-88/h5-72H,1-4H3/b19-17+,20-18+,47-43+,48-44+,49-45+,50-46+. The summed E-state index contributed by atoms with van der Waals surface area (Å²) >= 11 is 0. The van der Waals surface area contributed by atoms with Gasteiger partial charge in [0.05, 0.1) is 14.2 Å². The fraction of sp³-hybridized carbons (Fsp3) is 0.0408. The summed E-state index contributed by atoms with van der Waals surface area (Å²) in [6.45, 7) is 4.27. The normalized spacial score (nSPS) is 11.5. The molecule has 0 aromatic heterocycles. The fourth-order valence-electron chi connectivity index (χ4n) is 12.4. The van der Waals surface area contributed by atoms with E-state index in [1.807, 2.05) is 12.1 Å². The third kappa shape index (κ3) is 17.6. The van der Waals surface area contributed by atoms with E-state index in [-0.39, 0.29) is 0 Å². The Morgan fingerprint density at radius 3 is 0.647 bits per heavy atom. The minimum atomic E-state index is 0.829. The molecule has 0 amide bonds. The number of nitrogens with zero attached hydrogens (tertiary/aromatic N) is 2. The quantitative estimate of drug-likeness (QED) is 0.0445. The van der Waals surface area contributed by atoms with Crippen molar-refractivity contribution in [2.75, 3.05) is 24.0 Å². The number of benzene rings is 13. The summed E-state index contributed by atoms with van der Waals surface area (Å²) in [7, 11) is 3.42. The summed E-state index contributed by atoms with van der Waals surface area (Å²) < 4.78 is 11.2. The molecule has 0 unspecified atom stereocenters. The summed E-state index contributed by atoms with van der Waals surface area (Å²) in [6, 6.07) is 116. The highest BCUT2D eigenvalue weighted by atomic mass is 16.5. The summed E-state index contributed by atoms with van der Waals surface area (Å²) in [6.07, 6.45) is 30.4. The van der Waals surface area contributed by atoms with E-state index in [9.17, 15) is 0 Å². The van der Waals surface area contributed by atoms with E-state index in [4.69, 9.17) is 9.47 Å². The highest BCUT2D eigenvalue weighted by molar-refractivity contribution is 5.86. The Bertz CT molecular complexity index is 4730. The Morgan fingerprint density at radius 1 is 0.235 bits per heavy atom. The van der Waals surface area contributed by atoms with Crippen molar-refractivity contribution in [3.63, 3.8) is 0 Å². The van der Waals surface area contributed by atoms with Crippen molar-refractivity contribution in [2.24, 2.45) is 0 Å². The molecule has 0 heterocycles. The number of ether oxygens (including phenoxy) is 2. The third-order valence-corrected chi connectivity index (χ3v) is 18.0. The van der Waals surface area contributed by atoms with Crippen LogP contribution in [-0.4, -0.2) is 14.2 Å². The van der Waals surface area contributed by atoms with Gasteiger partial charge in [0.2, 0.25) is 0 Å². The van der Waals surface area contributed by atoms with Gasteiger partial charge in [-0.25, -0.2) is 0 Å². The van der Waals surface area contributed by atoms with Crippen molar-refractivity contribution in [3.05, 3.63) is 441 Å². The first-order valence-corrected chi connectivity index (χ1v) is 34.6. The monoisotopic (exact) mass is 1320 g/mol. The fourth-order valence-corrected chi connectivity index (χ4v) is 12.4. The Morgan fingerprint density at radius 2 is 0.441 bits per heavy atom. The Balaban J connectivity index is 0.639. The molecule has 102 heavy (non-hydrogen) atoms. The minimum Gasteiger partial charge on any atom is -0.497 e. The van der Waals surface area contributed by atoms with Crippen molar-refractivity contribution in [1.82, 2.24) is 0 Å². The van der Waals surface area contributed by atoms with Gasteiger partial charge in [0.15, 0.2) is 0 Å². The number of hydrogen-bond donors (Lipinski definition) is 0. The Labute approximate surface area is 602 Å². The van der Waals surface area contributed by atoms with E-state index in [0.717, 1.165) is 112 Å². The van der Waals surface area contributed by atoms with Crippen molar-refractivity contribution in [1.29, 1.82) is 0 Å². The first-order valence-electron chi connectivity index (χ1n) is 34.6. The van der Waals surface area contributed by atoms with Crippen LogP contribution < -0.4 is 19.3 Å². The molecule has 0 fully saturated rings. The van der Waals surface area contributed by atoms with Gasteiger partial charge in [-0.15, -0.1) is 0 Å². The first-order chi connectivity index (χ1) is 50.2. The smallest absolute Gasteiger partial charge is 0.119 e. The molecule has 13 aromatic carbocycles. The predicted octanol–water partition coefficient (Wildman–Crippen LogP) is 26.2. The van der Waals surface area contributed by atoms with Gasteiger partial charge in [-0.2, -0.15) is 0 Å². The van der Waals surface area contributed by atoms with Gasteiger partial charge in [-0.3, -0.25) is 0 Å². The van der Waals surface area contributed by atoms with Crippen LogP contribution in [0.5, 0.6) is 11.5 Å². The zero-order chi connectivity index (χ0) is 69.7. The van der Waals surface area contributed by atoms with Crippen molar-refractivity contribution in [2.45, 2.75) is 13.8 Å². The number of aryl methyl sites for hydroxylation is 2. The van der Waals surface area contributed by atoms with E-state index in [1.54, 1.807) is 14.2 Å². The second kappa shape index (κ2) is 33.5. The highest BCUT2D eigenvalue weighted by Gasteiger charge is 2.18. The van der Waals surface area contributed by atoms with Gasteiger partial charge in [-0.05, 0) is 199 Å². The molecule has 0 aliphatic heterocycles. The van der Waals surface area contributed by atoms with Gasteiger partial charge in [0, 0.05) is 34.1 Å². The summed E-state index contributed by atoms with van der Waals surface area (Å²) in [5.41, 5.74) is 27.0. The molecule has 0 radical (unpaired) electrons.